The first-order valence-corrected chi connectivity index (χ1v) is 9.64. The van der Waals surface area contributed by atoms with Crippen LogP contribution in [-0.4, -0.2) is 27.2 Å². The third-order valence-electron chi connectivity index (χ3n) is 4.74. The number of rotatable bonds is 6. The molecule has 0 fully saturated rings. The summed E-state index contributed by atoms with van der Waals surface area (Å²) in [5.74, 6) is -0.165. The van der Waals surface area contributed by atoms with Gasteiger partial charge in [0.1, 0.15) is 12.7 Å². The molecule has 0 radical (unpaired) electrons. The predicted molar refractivity (Wildman–Crippen MR) is 115 cm³/mol. The Morgan fingerprint density at radius 1 is 1.10 bits per heavy atom. The highest BCUT2D eigenvalue weighted by Gasteiger charge is 2.12. The number of hydrogen-bond donors (Lipinski definition) is 2. The summed E-state index contributed by atoms with van der Waals surface area (Å²) < 4.78 is 1.58. The van der Waals surface area contributed by atoms with E-state index in [1.165, 1.54) is 17.1 Å². The fraction of sp³-hybridized carbons (Fsp3) is 0.136. The van der Waals surface area contributed by atoms with E-state index in [4.69, 9.17) is 11.6 Å². The lowest BCUT2D eigenvalue weighted by Gasteiger charge is -2.16. The molecule has 2 N–H and O–H groups in total. The van der Waals surface area contributed by atoms with Crippen LogP contribution >= 0.6 is 11.6 Å². The summed E-state index contributed by atoms with van der Waals surface area (Å²) in [7, 11) is 0. The van der Waals surface area contributed by atoms with Crippen LogP contribution in [0.1, 0.15) is 18.5 Å². The normalized spacial score (nSPS) is 12.1. The fourth-order valence-electron chi connectivity index (χ4n) is 3.18. The van der Waals surface area contributed by atoms with Crippen molar-refractivity contribution >= 4 is 34.0 Å². The summed E-state index contributed by atoms with van der Waals surface area (Å²) in [5.41, 5.74) is 2.40. The van der Waals surface area contributed by atoms with Crippen LogP contribution in [-0.2, 0) is 4.79 Å². The van der Waals surface area contributed by atoms with Gasteiger partial charge >= 0.3 is 0 Å². The van der Waals surface area contributed by atoms with Gasteiger partial charge in [0.05, 0.1) is 17.9 Å². The van der Waals surface area contributed by atoms with Crippen molar-refractivity contribution in [2.75, 3.05) is 11.9 Å². The molecule has 0 aliphatic carbocycles. The summed E-state index contributed by atoms with van der Waals surface area (Å²) in [6.07, 6.45) is 3.01. The zero-order chi connectivity index (χ0) is 20.2. The topological polar surface area (TPSA) is 71.8 Å². The molecule has 29 heavy (non-hydrogen) atoms. The first kappa shape index (κ1) is 19.1. The van der Waals surface area contributed by atoms with Crippen LogP contribution in [0.5, 0.6) is 0 Å². The fourth-order valence-corrected chi connectivity index (χ4v) is 3.35. The Morgan fingerprint density at radius 3 is 2.72 bits per heavy atom. The molecule has 6 nitrogen and oxygen atoms in total. The number of aromatic nitrogens is 3. The van der Waals surface area contributed by atoms with Crippen LogP contribution in [0.2, 0.25) is 5.02 Å². The molecule has 4 rings (SSSR count). The Labute approximate surface area is 173 Å². The van der Waals surface area contributed by atoms with Crippen molar-refractivity contribution in [3.63, 3.8) is 0 Å². The zero-order valence-corrected chi connectivity index (χ0v) is 16.6. The van der Waals surface area contributed by atoms with Gasteiger partial charge in [0.25, 0.3) is 0 Å². The molecule has 0 spiro atoms. The van der Waals surface area contributed by atoms with Gasteiger partial charge in [-0.3, -0.25) is 4.79 Å². The molecule has 0 bridgehead atoms. The maximum Gasteiger partial charge on any atom is 0.238 e. The third kappa shape index (κ3) is 4.45. The predicted octanol–water partition coefficient (Wildman–Crippen LogP) is 4.36. The number of halogens is 1. The molecule has 0 saturated carbocycles. The third-order valence-corrected chi connectivity index (χ3v) is 4.98. The highest BCUT2D eigenvalue weighted by molar-refractivity contribution is 6.31. The van der Waals surface area contributed by atoms with E-state index >= 15 is 0 Å². The van der Waals surface area contributed by atoms with Gasteiger partial charge in [-0.05, 0) is 47.5 Å². The van der Waals surface area contributed by atoms with Gasteiger partial charge in [-0.25, -0.2) is 9.67 Å². The van der Waals surface area contributed by atoms with E-state index in [0.29, 0.717) is 16.4 Å². The Bertz CT molecular complexity index is 1140. The second-order valence-electron chi connectivity index (χ2n) is 6.76. The summed E-state index contributed by atoms with van der Waals surface area (Å²) in [4.78, 5) is 16.5. The van der Waals surface area contributed by atoms with Gasteiger partial charge in [0.2, 0.25) is 5.91 Å². The lowest BCUT2D eigenvalue weighted by atomic mass is 10.0. The Hall–Kier alpha value is -3.22. The van der Waals surface area contributed by atoms with E-state index in [1.807, 2.05) is 19.1 Å². The molecule has 3 aromatic carbocycles. The van der Waals surface area contributed by atoms with Crippen molar-refractivity contribution in [2.24, 2.45) is 0 Å². The van der Waals surface area contributed by atoms with Gasteiger partial charge < -0.3 is 10.6 Å². The van der Waals surface area contributed by atoms with Crippen LogP contribution in [0.25, 0.3) is 16.5 Å². The largest absolute Gasteiger partial charge is 0.323 e. The van der Waals surface area contributed by atoms with Crippen molar-refractivity contribution in [3.05, 3.63) is 83.9 Å². The SMILES string of the molecule is C[C@H](NCC(=O)Nc1cc(Cl)ccc1-n1cncn1)c1ccc2ccccc2c1. The van der Waals surface area contributed by atoms with E-state index in [1.54, 1.807) is 29.2 Å². The van der Waals surface area contributed by atoms with Crippen LogP contribution < -0.4 is 10.6 Å². The van der Waals surface area contributed by atoms with Crippen molar-refractivity contribution in [1.82, 2.24) is 20.1 Å². The molecule has 1 amide bonds. The molecule has 1 atom stereocenters. The van der Waals surface area contributed by atoms with Crippen molar-refractivity contribution in [3.8, 4) is 5.69 Å². The van der Waals surface area contributed by atoms with E-state index in [9.17, 15) is 4.79 Å². The van der Waals surface area contributed by atoms with Crippen LogP contribution in [0.3, 0.4) is 0 Å². The maximum absolute atomic E-state index is 12.5. The molecular formula is C22H20ClN5O. The van der Waals surface area contributed by atoms with E-state index in [-0.39, 0.29) is 18.5 Å². The van der Waals surface area contributed by atoms with Crippen LogP contribution in [0, 0.1) is 0 Å². The summed E-state index contributed by atoms with van der Waals surface area (Å²) in [6, 6.07) is 19.8. The van der Waals surface area contributed by atoms with Gasteiger partial charge in [0.15, 0.2) is 0 Å². The second kappa shape index (κ2) is 8.43. The van der Waals surface area contributed by atoms with E-state index in [0.717, 1.165) is 5.56 Å². The molecule has 0 aliphatic heterocycles. The van der Waals surface area contributed by atoms with Crippen molar-refractivity contribution in [2.45, 2.75) is 13.0 Å². The number of amides is 1. The molecule has 0 unspecified atom stereocenters. The number of fused-ring (bicyclic) bond motifs is 1. The minimum Gasteiger partial charge on any atom is -0.323 e. The van der Waals surface area contributed by atoms with Crippen LogP contribution in [0.15, 0.2) is 73.3 Å². The quantitative estimate of drug-likeness (QED) is 0.500. The Balaban J connectivity index is 1.43. The number of nitrogens with zero attached hydrogens (tertiary/aromatic N) is 3. The lowest BCUT2D eigenvalue weighted by molar-refractivity contribution is -0.115. The molecule has 146 valence electrons. The number of anilines is 1. The maximum atomic E-state index is 12.5. The summed E-state index contributed by atoms with van der Waals surface area (Å²) in [6.45, 7) is 2.20. The molecule has 1 heterocycles. The van der Waals surface area contributed by atoms with Crippen molar-refractivity contribution < 1.29 is 4.79 Å². The first-order valence-electron chi connectivity index (χ1n) is 9.26. The summed E-state index contributed by atoms with van der Waals surface area (Å²) in [5, 5.41) is 13.2. The molecule has 7 heteroatoms. The van der Waals surface area contributed by atoms with Gasteiger partial charge in [-0.1, -0.05) is 48.0 Å². The molecule has 1 aromatic heterocycles. The number of benzene rings is 3. The average molecular weight is 406 g/mol. The molecule has 0 saturated heterocycles. The molecule has 0 aliphatic rings. The van der Waals surface area contributed by atoms with Crippen LogP contribution in [0.4, 0.5) is 5.69 Å². The van der Waals surface area contributed by atoms with Gasteiger partial charge in [-0.2, -0.15) is 5.10 Å². The number of carbonyl (C=O) groups excluding carboxylic acids is 1. The number of hydrogen-bond acceptors (Lipinski definition) is 4. The summed E-state index contributed by atoms with van der Waals surface area (Å²) >= 11 is 6.10. The number of carbonyl (C=O) groups is 1. The zero-order valence-electron chi connectivity index (χ0n) is 15.8. The molecule has 4 aromatic rings. The molecular weight excluding hydrogens is 386 g/mol. The van der Waals surface area contributed by atoms with E-state index in [2.05, 4.69) is 51.0 Å². The van der Waals surface area contributed by atoms with Gasteiger partial charge in [0, 0.05) is 11.1 Å². The standard InChI is InChI=1S/C22H20ClN5O/c1-15(17-7-6-16-4-2-3-5-18(16)10-17)25-12-22(29)27-20-11-19(23)8-9-21(20)28-14-24-13-26-28/h2-11,13-15,25H,12H2,1H3,(H,27,29)/t15-/m0/s1. The first-order chi connectivity index (χ1) is 14.1. The van der Waals surface area contributed by atoms with Gasteiger partial charge in [-0.15, -0.1) is 0 Å². The second-order valence-corrected chi connectivity index (χ2v) is 7.20. The van der Waals surface area contributed by atoms with E-state index < -0.39 is 0 Å². The minimum atomic E-state index is -0.165. The highest BCUT2D eigenvalue weighted by Crippen LogP contribution is 2.24. The average Bonchev–Trinajstić information content (AvgIpc) is 3.26. The minimum absolute atomic E-state index is 0.0273. The Morgan fingerprint density at radius 2 is 1.93 bits per heavy atom. The smallest absolute Gasteiger partial charge is 0.238 e. The number of nitrogens with one attached hydrogen (secondary N) is 2. The monoisotopic (exact) mass is 405 g/mol. The lowest BCUT2D eigenvalue weighted by Crippen LogP contribution is -2.30. The van der Waals surface area contributed by atoms with Crippen molar-refractivity contribution in [1.29, 1.82) is 0 Å². The Kier molecular flexibility index (Phi) is 5.55. The highest BCUT2D eigenvalue weighted by atomic mass is 35.5.